The molecule has 6 heteroatoms. The van der Waals surface area contributed by atoms with Crippen molar-refractivity contribution in [1.82, 2.24) is 0 Å². The molecule has 0 saturated carbocycles. The van der Waals surface area contributed by atoms with Crippen molar-refractivity contribution in [2.45, 2.75) is 19.5 Å². The maximum Gasteiger partial charge on any atom is 0.387 e. The monoisotopic (exact) mass is 250 g/mol. The highest BCUT2D eigenvalue weighted by Crippen LogP contribution is 2.29. The van der Waals surface area contributed by atoms with E-state index in [0.29, 0.717) is 5.56 Å². The average Bonchev–Trinajstić information content (AvgIpc) is 2.19. The van der Waals surface area contributed by atoms with Crippen molar-refractivity contribution in [2.24, 2.45) is 0 Å². The van der Waals surface area contributed by atoms with E-state index in [1.54, 1.807) is 0 Å². The van der Waals surface area contributed by atoms with Crippen LogP contribution >= 0.6 is 11.6 Å². The second-order valence-electron chi connectivity index (χ2n) is 3.13. The van der Waals surface area contributed by atoms with Crippen LogP contribution in [-0.2, 0) is 4.79 Å². The molecule has 3 nitrogen and oxygen atoms in total. The van der Waals surface area contributed by atoms with Crippen molar-refractivity contribution >= 4 is 17.6 Å². The number of halogens is 3. The van der Waals surface area contributed by atoms with Gasteiger partial charge in [-0.05, 0) is 24.6 Å². The Bertz CT molecular complexity index is 396. The number of carboxylic acid groups (broad SMARTS) is 1. The summed E-state index contributed by atoms with van der Waals surface area (Å²) >= 11 is 5.67. The molecule has 0 aliphatic heterocycles. The van der Waals surface area contributed by atoms with Gasteiger partial charge in [0.25, 0.3) is 0 Å². The number of rotatable bonds is 4. The molecule has 0 aliphatic rings. The minimum atomic E-state index is -2.96. The highest BCUT2D eigenvalue weighted by atomic mass is 35.5. The average molecular weight is 251 g/mol. The van der Waals surface area contributed by atoms with Crippen LogP contribution in [0.1, 0.15) is 18.4 Å². The fourth-order valence-corrected chi connectivity index (χ4v) is 1.35. The third-order valence-electron chi connectivity index (χ3n) is 2.04. The smallest absolute Gasteiger partial charge is 0.387 e. The third-order valence-corrected chi connectivity index (χ3v) is 2.34. The molecule has 1 N–H and O–H groups in total. The maximum atomic E-state index is 11.9. The van der Waals surface area contributed by atoms with Gasteiger partial charge in [0.1, 0.15) is 5.75 Å². The maximum absolute atomic E-state index is 11.9. The van der Waals surface area contributed by atoms with E-state index in [-0.39, 0.29) is 10.8 Å². The molecular formula is C10H9ClF2O3. The molecule has 0 saturated heterocycles. The molecule has 1 unspecified atom stereocenters. The van der Waals surface area contributed by atoms with E-state index in [4.69, 9.17) is 16.7 Å². The molecule has 0 bridgehead atoms. The predicted octanol–water partition coefficient (Wildman–Crippen LogP) is 3.13. The van der Waals surface area contributed by atoms with Crippen LogP contribution in [0, 0.1) is 0 Å². The van der Waals surface area contributed by atoms with Crippen LogP contribution in [0.3, 0.4) is 0 Å². The summed E-state index contributed by atoms with van der Waals surface area (Å²) in [6.45, 7) is -1.48. The van der Waals surface area contributed by atoms with Crippen molar-refractivity contribution in [3.8, 4) is 5.75 Å². The molecule has 88 valence electrons. The zero-order valence-corrected chi connectivity index (χ0v) is 9.04. The lowest BCUT2D eigenvalue weighted by Gasteiger charge is -2.10. The van der Waals surface area contributed by atoms with Crippen LogP contribution in [0.4, 0.5) is 8.78 Å². The van der Waals surface area contributed by atoms with E-state index < -0.39 is 18.5 Å². The highest BCUT2D eigenvalue weighted by molar-refractivity contribution is 6.32. The number of hydrogen-bond donors (Lipinski definition) is 1. The van der Waals surface area contributed by atoms with Gasteiger partial charge in [-0.15, -0.1) is 0 Å². The van der Waals surface area contributed by atoms with E-state index >= 15 is 0 Å². The van der Waals surface area contributed by atoms with Gasteiger partial charge in [0.2, 0.25) is 0 Å². The topological polar surface area (TPSA) is 46.5 Å². The Kier molecular flexibility index (Phi) is 4.06. The number of alkyl halides is 2. The van der Waals surface area contributed by atoms with Crippen molar-refractivity contribution < 1.29 is 23.4 Å². The van der Waals surface area contributed by atoms with Gasteiger partial charge in [-0.3, -0.25) is 4.79 Å². The zero-order chi connectivity index (χ0) is 12.3. The van der Waals surface area contributed by atoms with Gasteiger partial charge in [0.05, 0.1) is 10.9 Å². The largest absolute Gasteiger partial charge is 0.481 e. The Labute approximate surface area is 95.6 Å². The summed E-state index contributed by atoms with van der Waals surface area (Å²) in [7, 11) is 0. The van der Waals surface area contributed by atoms with Gasteiger partial charge >= 0.3 is 12.6 Å². The number of aliphatic carboxylic acids is 1. The molecule has 1 rings (SSSR count). The number of benzene rings is 1. The number of carbonyl (C=O) groups is 1. The molecule has 16 heavy (non-hydrogen) atoms. The van der Waals surface area contributed by atoms with Crippen LogP contribution in [0.2, 0.25) is 5.02 Å². The van der Waals surface area contributed by atoms with Gasteiger partial charge in [0, 0.05) is 0 Å². The Morgan fingerprint density at radius 3 is 2.56 bits per heavy atom. The molecule has 0 aromatic heterocycles. The molecule has 0 fully saturated rings. The van der Waals surface area contributed by atoms with Crippen molar-refractivity contribution in [2.75, 3.05) is 0 Å². The quantitative estimate of drug-likeness (QED) is 0.893. The van der Waals surface area contributed by atoms with Gasteiger partial charge in [-0.1, -0.05) is 17.7 Å². The van der Waals surface area contributed by atoms with E-state index in [0.717, 1.165) is 0 Å². The summed E-state index contributed by atoms with van der Waals surface area (Å²) in [6, 6.07) is 3.92. The summed E-state index contributed by atoms with van der Waals surface area (Å²) < 4.78 is 28.0. The SMILES string of the molecule is CC(C(=O)O)c1ccc(OC(F)F)c(Cl)c1. The molecule has 0 radical (unpaired) electrons. The Morgan fingerprint density at radius 2 is 2.12 bits per heavy atom. The summed E-state index contributed by atoms with van der Waals surface area (Å²) in [5, 5.41) is 8.71. The minimum Gasteiger partial charge on any atom is -0.481 e. The lowest BCUT2D eigenvalue weighted by molar-refractivity contribution is -0.138. The van der Waals surface area contributed by atoms with Gasteiger partial charge in [-0.25, -0.2) is 0 Å². The van der Waals surface area contributed by atoms with Crippen molar-refractivity contribution in [3.63, 3.8) is 0 Å². The molecule has 0 heterocycles. The summed E-state index contributed by atoms with van der Waals surface area (Å²) in [5.74, 6) is -1.94. The van der Waals surface area contributed by atoms with E-state index in [9.17, 15) is 13.6 Å². The summed E-state index contributed by atoms with van der Waals surface area (Å²) in [4.78, 5) is 10.7. The van der Waals surface area contributed by atoms with Gasteiger partial charge in [-0.2, -0.15) is 8.78 Å². The standard InChI is InChI=1S/C10H9ClF2O3/c1-5(9(14)15)6-2-3-8(7(11)4-6)16-10(12)13/h2-5,10H,1H3,(H,14,15). The molecule has 1 atom stereocenters. The van der Waals surface area contributed by atoms with Crippen LogP contribution in [0.25, 0.3) is 0 Å². The Hall–Kier alpha value is -1.36. The summed E-state index contributed by atoms with van der Waals surface area (Å²) in [5.41, 5.74) is 0.430. The van der Waals surface area contributed by atoms with E-state index in [1.165, 1.54) is 25.1 Å². The normalized spacial score (nSPS) is 12.6. The van der Waals surface area contributed by atoms with Gasteiger partial charge in [0.15, 0.2) is 0 Å². The number of ether oxygens (including phenoxy) is 1. The number of carboxylic acids is 1. The van der Waals surface area contributed by atoms with E-state index in [2.05, 4.69) is 4.74 Å². The third kappa shape index (κ3) is 3.06. The first-order valence-corrected chi connectivity index (χ1v) is 4.76. The van der Waals surface area contributed by atoms with Crippen molar-refractivity contribution in [3.05, 3.63) is 28.8 Å². The molecular weight excluding hydrogens is 242 g/mol. The molecule has 0 amide bonds. The second-order valence-corrected chi connectivity index (χ2v) is 3.54. The fourth-order valence-electron chi connectivity index (χ4n) is 1.12. The second kappa shape index (κ2) is 5.12. The van der Waals surface area contributed by atoms with E-state index in [1.807, 2.05) is 0 Å². The van der Waals surface area contributed by atoms with Crippen LogP contribution in [0.5, 0.6) is 5.75 Å². The van der Waals surface area contributed by atoms with Gasteiger partial charge < -0.3 is 9.84 Å². The van der Waals surface area contributed by atoms with Crippen LogP contribution < -0.4 is 4.74 Å². The Balaban J connectivity index is 2.95. The predicted molar refractivity (Wildman–Crippen MR) is 54.1 cm³/mol. The lowest BCUT2D eigenvalue weighted by atomic mass is 10.0. The summed E-state index contributed by atoms with van der Waals surface area (Å²) in [6.07, 6.45) is 0. The first-order valence-electron chi connectivity index (χ1n) is 4.39. The number of hydrogen-bond acceptors (Lipinski definition) is 2. The molecule has 0 spiro atoms. The lowest BCUT2D eigenvalue weighted by Crippen LogP contribution is -2.08. The van der Waals surface area contributed by atoms with Crippen LogP contribution in [-0.4, -0.2) is 17.7 Å². The zero-order valence-electron chi connectivity index (χ0n) is 8.28. The molecule has 1 aromatic carbocycles. The first-order chi connectivity index (χ1) is 7.41. The van der Waals surface area contributed by atoms with Crippen LogP contribution in [0.15, 0.2) is 18.2 Å². The molecule has 0 aliphatic carbocycles. The first kappa shape index (κ1) is 12.7. The fraction of sp³-hybridized carbons (Fsp3) is 0.300. The van der Waals surface area contributed by atoms with Crippen molar-refractivity contribution in [1.29, 1.82) is 0 Å². The molecule has 1 aromatic rings. The Morgan fingerprint density at radius 1 is 1.50 bits per heavy atom. The highest BCUT2D eigenvalue weighted by Gasteiger charge is 2.16. The minimum absolute atomic E-state index is 0.0362.